The number of thiophene rings is 1. The summed E-state index contributed by atoms with van der Waals surface area (Å²) in [6.07, 6.45) is 4.50. The number of carbonyl (C=O) groups is 2. The van der Waals surface area contributed by atoms with Crippen LogP contribution in [0.5, 0.6) is 0 Å². The molecule has 3 aromatic heterocycles. The van der Waals surface area contributed by atoms with E-state index >= 15 is 0 Å². The minimum atomic E-state index is -0.683. The number of primary amides is 1. The standard InChI is InChI=1S/C30H36N6O4S/c1-2-4-20-15-24(35-30-25(20)26(31)27(41-30)28(32)38)36-12-10-21(11-13-36)33-17-23(37)18-6-8-19(9-7-18)29(39)34-16-22-5-3-14-40-22/h3,5-9,14-15,21,23,33,37H,2,4,10-13,16-17,31H2,1H3,(H2,32,38)(H,34,39). The second-order valence-corrected chi connectivity index (χ2v) is 11.3. The summed E-state index contributed by atoms with van der Waals surface area (Å²) in [6, 6.07) is 13.0. The molecule has 216 valence electrons. The highest BCUT2D eigenvalue weighted by atomic mass is 32.1. The minimum Gasteiger partial charge on any atom is -0.467 e. The number of aromatic nitrogens is 1. The van der Waals surface area contributed by atoms with Crippen molar-refractivity contribution in [1.82, 2.24) is 15.6 Å². The number of benzene rings is 1. The Morgan fingerprint density at radius 3 is 2.63 bits per heavy atom. The van der Waals surface area contributed by atoms with Gasteiger partial charge in [-0.3, -0.25) is 9.59 Å². The van der Waals surface area contributed by atoms with Crippen molar-refractivity contribution in [2.75, 3.05) is 30.3 Å². The van der Waals surface area contributed by atoms with Gasteiger partial charge in [0.1, 0.15) is 21.3 Å². The molecule has 11 heteroatoms. The predicted octanol–water partition coefficient (Wildman–Crippen LogP) is 3.74. The molecule has 0 aliphatic carbocycles. The number of nitrogens with one attached hydrogen (secondary N) is 2. The van der Waals surface area contributed by atoms with E-state index in [4.69, 9.17) is 20.9 Å². The van der Waals surface area contributed by atoms with Crippen molar-refractivity contribution >= 4 is 44.9 Å². The van der Waals surface area contributed by atoms with Crippen molar-refractivity contribution in [2.45, 2.75) is 51.3 Å². The summed E-state index contributed by atoms with van der Waals surface area (Å²) < 4.78 is 5.24. The Bertz CT molecular complexity index is 1490. The number of furan rings is 1. The molecule has 4 heterocycles. The zero-order valence-corrected chi connectivity index (χ0v) is 23.9. The van der Waals surface area contributed by atoms with E-state index in [-0.39, 0.29) is 11.9 Å². The Labute approximate surface area is 242 Å². The molecule has 4 aromatic rings. The number of carbonyl (C=O) groups excluding carboxylic acids is 2. The van der Waals surface area contributed by atoms with Crippen LogP contribution in [0, 0.1) is 0 Å². The number of anilines is 2. The highest BCUT2D eigenvalue weighted by molar-refractivity contribution is 7.21. The van der Waals surface area contributed by atoms with E-state index in [1.165, 1.54) is 11.3 Å². The Morgan fingerprint density at radius 2 is 1.98 bits per heavy atom. The predicted molar refractivity (Wildman–Crippen MR) is 161 cm³/mol. The van der Waals surface area contributed by atoms with Gasteiger partial charge in [-0.05, 0) is 60.7 Å². The number of pyridine rings is 1. The molecule has 1 saturated heterocycles. The number of nitrogen functional groups attached to an aromatic ring is 1. The van der Waals surface area contributed by atoms with Crippen molar-refractivity contribution in [1.29, 1.82) is 0 Å². The smallest absolute Gasteiger partial charge is 0.260 e. The lowest BCUT2D eigenvalue weighted by Gasteiger charge is -2.34. The number of hydrogen-bond acceptors (Lipinski definition) is 9. The summed E-state index contributed by atoms with van der Waals surface area (Å²) in [5.74, 6) is 0.863. The third-order valence-corrected chi connectivity index (χ3v) is 8.60. The van der Waals surface area contributed by atoms with Crippen molar-refractivity contribution in [2.24, 2.45) is 5.73 Å². The molecule has 1 fully saturated rings. The van der Waals surface area contributed by atoms with Crippen LogP contribution >= 0.6 is 11.3 Å². The van der Waals surface area contributed by atoms with E-state index in [1.807, 2.05) is 0 Å². The first-order chi connectivity index (χ1) is 19.8. The number of rotatable bonds is 11. The Hall–Kier alpha value is -3.93. The number of nitrogens with zero attached hydrogens (tertiary/aromatic N) is 2. The summed E-state index contributed by atoms with van der Waals surface area (Å²) in [6.45, 7) is 4.50. The van der Waals surface area contributed by atoms with E-state index in [1.54, 1.807) is 42.7 Å². The molecule has 7 N–H and O–H groups in total. The van der Waals surface area contributed by atoms with Gasteiger partial charge in [-0.2, -0.15) is 0 Å². The van der Waals surface area contributed by atoms with Gasteiger partial charge in [-0.1, -0.05) is 25.5 Å². The highest BCUT2D eigenvalue weighted by Crippen LogP contribution is 2.37. The number of nitrogens with two attached hydrogens (primary N) is 2. The molecule has 41 heavy (non-hydrogen) atoms. The Kier molecular flexibility index (Phi) is 8.87. The number of amides is 2. The molecular weight excluding hydrogens is 540 g/mol. The molecule has 2 amide bonds. The van der Waals surface area contributed by atoms with Crippen LogP contribution in [-0.4, -0.2) is 47.6 Å². The van der Waals surface area contributed by atoms with Gasteiger partial charge in [0, 0.05) is 36.6 Å². The summed E-state index contributed by atoms with van der Waals surface area (Å²) in [5.41, 5.74) is 14.6. The lowest BCUT2D eigenvalue weighted by molar-refractivity contribution is 0.0946. The number of fused-ring (bicyclic) bond motifs is 1. The molecule has 1 unspecified atom stereocenters. The van der Waals surface area contributed by atoms with Gasteiger partial charge in [0.2, 0.25) is 0 Å². The molecule has 0 saturated carbocycles. The maximum absolute atomic E-state index is 12.4. The Balaban J connectivity index is 1.14. The van der Waals surface area contributed by atoms with Crippen LogP contribution in [0.4, 0.5) is 11.5 Å². The van der Waals surface area contributed by atoms with Gasteiger partial charge in [-0.25, -0.2) is 4.98 Å². The summed E-state index contributed by atoms with van der Waals surface area (Å²) in [4.78, 5) is 32.5. The normalized spacial score (nSPS) is 14.8. The highest BCUT2D eigenvalue weighted by Gasteiger charge is 2.24. The van der Waals surface area contributed by atoms with Gasteiger partial charge in [0.15, 0.2) is 0 Å². The molecule has 1 aliphatic rings. The first-order valence-corrected chi connectivity index (χ1v) is 14.7. The third kappa shape index (κ3) is 6.53. The monoisotopic (exact) mass is 576 g/mol. The quantitative estimate of drug-likeness (QED) is 0.181. The molecule has 1 aromatic carbocycles. The van der Waals surface area contributed by atoms with Crippen molar-refractivity contribution in [3.8, 4) is 0 Å². The van der Waals surface area contributed by atoms with Crippen LogP contribution in [0.25, 0.3) is 10.2 Å². The van der Waals surface area contributed by atoms with E-state index in [0.29, 0.717) is 35.0 Å². The lowest BCUT2D eigenvalue weighted by atomic mass is 10.0. The zero-order valence-electron chi connectivity index (χ0n) is 23.1. The summed E-state index contributed by atoms with van der Waals surface area (Å²) in [5, 5.41) is 17.9. The van der Waals surface area contributed by atoms with Gasteiger partial charge in [0.05, 0.1) is 24.6 Å². The van der Waals surface area contributed by atoms with Crippen LogP contribution in [0.1, 0.15) is 69.2 Å². The van der Waals surface area contributed by atoms with E-state index < -0.39 is 12.0 Å². The largest absolute Gasteiger partial charge is 0.467 e. The fraction of sp³-hybridized carbons (Fsp3) is 0.367. The topological polar surface area (TPSA) is 160 Å². The maximum Gasteiger partial charge on any atom is 0.260 e. The number of aliphatic hydroxyl groups excluding tert-OH is 1. The van der Waals surface area contributed by atoms with Gasteiger partial charge in [-0.15, -0.1) is 11.3 Å². The molecule has 0 bridgehead atoms. The molecular formula is C30H36N6O4S. The molecule has 0 radical (unpaired) electrons. The SMILES string of the molecule is CCCc1cc(N2CCC(NCC(O)c3ccc(C(=O)NCc4ccco4)cc3)CC2)nc2sc(C(N)=O)c(N)c12. The maximum atomic E-state index is 12.4. The van der Waals surface area contributed by atoms with E-state index in [2.05, 4.69) is 28.5 Å². The van der Waals surface area contributed by atoms with Crippen LogP contribution in [0.2, 0.25) is 0 Å². The molecule has 10 nitrogen and oxygen atoms in total. The summed E-state index contributed by atoms with van der Waals surface area (Å²) >= 11 is 1.26. The molecule has 1 atom stereocenters. The minimum absolute atomic E-state index is 0.196. The van der Waals surface area contributed by atoms with Crippen LogP contribution in [0.3, 0.4) is 0 Å². The van der Waals surface area contributed by atoms with E-state index in [0.717, 1.165) is 65.9 Å². The molecule has 0 spiro atoms. The van der Waals surface area contributed by atoms with Crippen LogP contribution in [-0.2, 0) is 13.0 Å². The first kappa shape index (κ1) is 28.6. The van der Waals surface area contributed by atoms with Crippen LogP contribution in [0.15, 0.2) is 53.1 Å². The zero-order chi connectivity index (χ0) is 28.9. The molecule has 1 aliphatic heterocycles. The first-order valence-electron chi connectivity index (χ1n) is 13.9. The van der Waals surface area contributed by atoms with Crippen LogP contribution < -0.4 is 27.0 Å². The number of aryl methyl sites for hydroxylation is 1. The summed E-state index contributed by atoms with van der Waals surface area (Å²) in [7, 11) is 0. The third-order valence-electron chi connectivity index (χ3n) is 7.49. The average molecular weight is 577 g/mol. The average Bonchev–Trinajstić information content (AvgIpc) is 3.63. The lowest BCUT2D eigenvalue weighted by Crippen LogP contribution is -2.44. The number of hydrogen-bond donors (Lipinski definition) is 5. The number of piperidine rings is 1. The second kappa shape index (κ2) is 12.7. The number of aliphatic hydroxyl groups is 1. The Morgan fingerprint density at radius 1 is 1.22 bits per heavy atom. The van der Waals surface area contributed by atoms with Crippen molar-refractivity contribution in [3.63, 3.8) is 0 Å². The van der Waals surface area contributed by atoms with Gasteiger partial charge in [0.25, 0.3) is 11.8 Å². The van der Waals surface area contributed by atoms with Crippen molar-refractivity contribution < 1.29 is 19.1 Å². The fourth-order valence-corrected chi connectivity index (χ4v) is 6.23. The van der Waals surface area contributed by atoms with E-state index in [9.17, 15) is 14.7 Å². The fourth-order valence-electron chi connectivity index (χ4n) is 5.24. The molecule has 5 rings (SSSR count). The van der Waals surface area contributed by atoms with Gasteiger partial charge >= 0.3 is 0 Å². The second-order valence-electron chi connectivity index (χ2n) is 10.3. The van der Waals surface area contributed by atoms with Crippen molar-refractivity contribution in [3.05, 3.63) is 76.1 Å². The van der Waals surface area contributed by atoms with Gasteiger partial charge < -0.3 is 36.5 Å².